The Labute approximate surface area is 72.0 Å². The largest absolute Gasteiger partial charge is 0.372 e. The van der Waals surface area contributed by atoms with Crippen molar-refractivity contribution < 1.29 is 4.74 Å². The molecule has 1 aromatic heterocycles. The normalized spacial score (nSPS) is 10.1. The van der Waals surface area contributed by atoms with Gasteiger partial charge in [-0.05, 0) is 13.1 Å². The first-order chi connectivity index (χ1) is 5.93. The van der Waals surface area contributed by atoms with Crippen molar-refractivity contribution in [3.63, 3.8) is 0 Å². The first-order valence-electron chi connectivity index (χ1n) is 3.91. The van der Waals surface area contributed by atoms with Gasteiger partial charge in [-0.25, -0.2) is 9.97 Å². The fraction of sp³-hybridized carbons (Fsp3) is 0.500. The zero-order valence-corrected chi connectivity index (χ0v) is 7.16. The maximum atomic E-state index is 5.27. The lowest BCUT2D eigenvalue weighted by Gasteiger charge is -2.01. The van der Waals surface area contributed by atoms with Crippen LogP contribution in [0.25, 0.3) is 0 Å². The molecule has 0 aliphatic heterocycles. The summed E-state index contributed by atoms with van der Waals surface area (Å²) in [5.74, 6) is 0.730. The smallest absolute Gasteiger partial charge is 0.153 e. The van der Waals surface area contributed by atoms with Crippen molar-refractivity contribution in [3.05, 3.63) is 24.3 Å². The van der Waals surface area contributed by atoms with Gasteiger partial charge in [-0.3, -0.25) is 0 Å². The summed E-state index contributed by atoms with van der Waals surface area (Å²) in [7, 11) is 1.89. The van der Waals surface area contributed by atoms with Crippen LogP contribution < -0.4 is 5.32 Å². The summed E-state index contributed by atoms with van der Waals surface area (Å²) in [4.78, 5) is 8.04. The van der Waals surface area contributed by atoms with Gasteiger partial charge in [0.05, 0.1) is 6.61 Å². The van der Waals surface area contributed by atoms with Gasteiger partial charge in [-0.2, -0.15) is 0 Å². The Hall–Kier alpha value is -1.00. The Balaban J connectivity index is 2.16. The van der Waals surface area contributed by atoms with Crippen LogP contribution >= 0.6 is 0 Å². The number of hydrogen-bond acceptors (Lipinski definition) is 4. The first-order valence-corrected chi connectivity index (χ1v) is 3.91. The Morgan fingerprint density at radius 1 is 1.42 bits per heavy atom. The minimum atomic E-state index is 0.489. The Kier molecular flexibility index (Phi) is 4.26. The van der Waals surface area contributed by atoms with Crippen LogP contribution in [0, 0.1) is 0 Å². The maximum absolute atomic E-state index is 5.27. The molecule has 0 bridgehead atoms. The van der Waals surface area contributed by atoms with Gasteiger partial charge in [0.25, 0.3) is 0 Å². The quantitative estimate of drug-likeness (QED) is 0.637. The zero-order chi connectivity index (χ0) is 8.65. The molecule has 0 spiro atoms. The molecular weight excluding hydrogens is 154 g/mol. The lowest BCUT2D eigenvalue weighted by atomic mass is 10.6. The van der Waals surface area contributed by atoms with E-state index >= 15 is 0 Å². The zero-order valence-electron chi connectivity index (χ0n) is 7.16. The Bertz CT molecular complexity index is 203. The van der Waals surface area contributed by atoms with E-state index < -0.39 is 0 Å². The molecule has 0 radical (unpaired) electrons. The van der Waals surface area contributed by atoms with Crippen LogP contribution in [-0.4, -0.2) is 30.2 Å². The Morgan fingerprint density at radius 3 is 2.83 bits per heavy atom. The summed E-state index contributed by atoms with van der Waals surface area (Å²) in [6.07, 6.45) is 3.42. The van der Waals surface area contributed by atoms with Gasteiger partial charge in [-0.15, -0.1) is 0 Å². The summed E-state index contributed by atoms with van der Waals surface area (Å²) in [5.41, 5.74) is 0. The third-order valence-corrected chi connectivity index (χ3v) is 1.35. The molecule has 0 aliphatic rings. The van der Waals surface area contributed by atoms with Crippen LogP contribution in [0.5, 0.6) is 0 Å². The van der Waals surface area contributed by atoms with Crippen LogP contribution in [0.4, 0.5) is 0 Å². The van der Waals surface area contributed by atoms with Crippen LogP contribution in [0.3, 0.4) is 0 Å². The van der Waals surface area contributed by atoms with E-state index in [1.165, 1.54) is 0 Å². The van der Waals surface area contributed by atoms with Gasteiger partial charge < -0.3 is 10.1 Å². The molecule has 0 saturated carbocycles. The molecule has 0 atom stereocenters. The number of hydrogen-bond donors (Lipinski definition) is 1. The monoisotopic (exact) mass is 167 g/mol. The highest BCUT2D eigenvalue weighted by atomic mass is 16.5. The van der Waals surface area contributed by atoms with Gasteiger partial charge >= 0.3 is 0 Å². The van der Waals surface area contributed by atoms with Crippen molar-refractivity contribution in [2.45, 2.75) is 6.61 Å². The average molecular weight is 167 g/mol. The minimum absolute atomic E-state index is 0.489. The highest BCUT2D eigenvalue weighted by Crippen LogP contribution is 1.89. The van der Waals surface area contributed by atoms with Gasteiger partial charge in [-0.1, -0.05) is 0 Å². The lowest BCUT2D eigenvalue weighted by Crippen LogP contribution is -2.14. The van der Waals surface area contributed by atoms with Crippen molar-refractivity contribution in [2.24, 2.45) is 0 Å². The molecule has 1 heterocycles. The predicted octanol–water partition coefficient (Wildman–Crippen LogP) is 0.213. The summed E-state index contributed by atoms with van der Waals surface area (Å²) in [6, 6.07) is 1.79. The number of ether oxygens (including phenoxy) is 1. The van der Waals surface area contributed by atoms with Crippen molar-refractivity contribution in [2.75, 3.05) is 20.2 Å². The van der Waals surface area contributed by atoms with Crippen molar-refractivity contribution >= 4 is 0 Å². The number of nitrogens with zero attached hydrogens (tertiary/aromatic N) is 2. The van der Waals surface area contributed by atoms with E-state index in [2.05, 4.69) is 15.3 Å². The highest BCUT2D eigenvalue weighted by Gasteiger charge is 1.92. The van der Waals surface area contributed by atoms with E-state index in [0.717, 1.165) is 12.4 Å². The molecule has 0 amide bonds. The number of aromatic nitrogens is 2. The van der Waals surface area contributed by atoms with E-state index in [9.17, 15) is 0 Å². The average Bonchev–Trinajstić information content (AvgIpc) is 2.14. The van der Waals surface area contributed by atoms with Crippen LogP contribution in [0.15, 0.2) is 18.5 Å². The second-order valence-electron chi connectivity index (χ2n) is 2.32. The Morgan fingerprint density at radius 2 is 2.17 bits per heavy atom. The molecule has 66 valence electrons. The van der Waals surface area contributed by atoms with E-state index in [-0.39, 0.29) is 0 Å². The molecular formula is C8H13N3O. The van der Waals surface area contributed by atoms with E-state index in [1.54, 1.807) is 18.5 Å². The number of rotatable bonds is 5. The molecule has 4 nitrogen and oxygen atoms in total. The van der Waals surface area contributed by atoms with Gasteiger partial charge in [0.1, 0.15) is 6.61 Å². The molecule has 4 heteroatoms. The van der Waals surface area contributed by atoms with Crippen molar-refractivity contribution in [1.82, 2.24) is 15.3 Å². The predicted molar refractivity (Wildman–Crippen MR) is 45.6 cm³/mol. The molecule has 1 rings (SSSR count). The van der Waals surface area contributed by atoms with Gasteiger partial charge in [0.15, 0.2) is 5.82 Å². The van der Waals surface area contributed by atoms with Crippen molar-refractivity contribution in [3.8, 4) is 0 Å². The molecule has 1 aromatic rings. The maximum Gasteiger partial charge on any atom is 0.153 e. The second kappa shape index (κ2) is 5.62. The molecule has 12 heavy (non-hydrogen) atoms. The second-order valence-corrected chi connectivity index (χ2v) is 2.32. The standard InChI is InChI=1S/C8H13N3O/c1-9-5-6-12-7-8-10-3-2-4-11-8/h2-4,9H,5-7H2,1H3. The van der Waals surface area contributed by atoms with Crippen LogP contribution in [-0.2, 0) is 11.3 Å². The minimum Gasteiger partial charge on any atom is -0.372 e. The summed E-state index contributed by atoms with van der Waals surface area (Å²) in [5, 5.41) is 2.99. The summed E-state index contributed by atoms with van der Waals surface area (Å²) in [6.45, 7) is 2.03. The topological polar surface area (TPSA) is 47.0 Å². The fourth-order valence-corrected chi connectivity index (χ4v) is 0.742. The summed E-state index contributed by atoms with van der Waals surface area (Å²) < 4.78 is 5.27. The molecule has 0 aromatic carbocycles. The molecule has 0 unspecified atom stereocenters. The number of likely N-dealkylation sites (N-methyl/N-ethyl adjacent to an activating group) is 1. The SMILES string of the molecule is CNCCOCc1ncccn1. The lowest BCUT2D eigenvalue weighted by molar-refractivity contribution is 0.118. The molecule has 0 fully saturated rings. The molecule has 1 N–H and O–H groups in total. The summed E-state index contributed by atoms with van der Waals surface area (Å²) >= 11 is 0. The highest BCUT2D eigenvalue weighted by molar-refractivity contribution is 4.86. The van der Waals surface area contributed by atoms with Crippen LogP contribution in [0.1, 0.15) is 5.82 Å². The van der Waals surface area contributed by atoms with E-state index in [4.69, 9.17) is 4.74 Å². The van der Waals surface area contributed by atoms with Crippen molar-refractivity contribution in [1.29, 1.82) is 0 Å². The van der Waals surface area contributed by atoms with Crippen LogP contribution in [0.2, 0.25) is 0 Å². The van der Waals surface area contributed by atoms with Gasteiger partial charge in [0, 0.05) is 18.9 Å². The van der Waals surface area contributed by atoms with E-state index in [1.807, 2.05) is 7.05 Å². The van der Waals surface area contributed by atoms with E-state index in [0.29, 0.717) is 13.2 Å². The molecule has 0 saturated heterocycles. The third-order valence-electron chi connectivity index (χ3n) is 1.35. The van der Waals surface area contributed by atoms with Gasteiger partial charge in [0.2, 0.25) is 0 Å². The number of nitrogens with one attached hydrogen (secondary N) is 1. The third kappa shape index (κ3) is 3.41. The first kappa shape index (κ1) is 9.09. The fourth-order valence-electron chi connectivity index (χ4n) is 0.742. The molecule has 0 aliphatic carbocycles.